The first-order valence-corrected chi connectivity index (χ1v) is 8.10. The Balaban J connectivity index is 1.99. The van der Waals surface area contributed by atoms with Crippen molar-refractivity contribution in [3.8, 4) is 0 Å². The van der Waals surface area contributed by atoms with Gasteiger partial charge in [0.2, 0.25) is 17.8 Å². The molecule has 0 atom stereocenters. The largest absolute Gasteiger partial charge is 0.373 e. The second-order valence-electron chi connectivity index (χ2n) is 6.50. The van der Waals surface area contributed by atoms with Gasteiger partial charge in [-0.1, -0.05) is 18.2 Å². The van der Waals surface area contributed by atoms with Crippen molar-refractivity contribution in [1.29, 1.82) is 0 Å². The zero-order valence-corrected chi connectivity index (χ0v) is 15.1. The van der Waals surface area contributed by atoms with Gasteiger partial charge in [-0.3, -0.25) is 0 Å². The van der Waals surface area contributed by atoms with E-state index in [0.717, 1.165) is 25.6 Å². The summed E-state index contributed by atoms with van der Waals surface area (Å²) in [6, 6.07) is 8.51. The van der Waals surface area contributed by atoms with Crippen LogP contribution in [0.15, 0.2) is 24.3 Å². The highest BCUT2D eigenvalue weighted by Gasteiger charge is 2.21. The molecule has 0 fully saturated rings. The van der Waals surface area contributed by atoms with Gasteiger partial charge in [-0.25, -0.2) is 0 Å². The Morgan fingerprint density at radius 3 is 2.12 bits per heavy atom. The van der Waals surface area contributed by atoms with Crippen molar-refractivity contribution in [1.82, 2.24) is 15.0 Å². The molecule has 0 spiro atoms. The van der Waals surface area contributed by atoms with Crippen LogP contribution in [-0.2, 0) is 6.54 Å². The molecule has 7 nitrogen and oxygen atoms in total. The third-order valence-electron chi connectivity index (χ3n) is 4.15. The molecule has 0 saturated carbocycles. The van der Waals surface area contributed by atoms with Crippen molar-refractivity contribution in [2.45, 2.75) is 6.54 Å². The third-order valence-corrected chi connectivity index (χ3v) is 4.15. The van der Waals surface area contributed by atoms with E-state index in [0.29, 0.717) is 11.9 Å². The summed E-state index contributed by atoms with van der Waals surface area (Å²) < 4.78 is 0. The number of hydrogen-bond donors (Lipinski definition) is 0. The van der Waals surface area contributed by atoms with Crippen LogP contribution in [0.5, 0.6) is 0 Å². The Morgan fingerprint density at radius 2 is 1.50 bits per heavy atom. The van der Waals surface area contributed by atoms with Crippen molar-refractivity contribution in [2.24, 2.45) is 0 Å². The first-order valence-electron chi connectivity index (χ1n) is 8.10. The van der Waals surface area contributed by atoms with Gasteiger partial charge in [0.15, 0.2) is 0 Å². The fraction of sp³-hybridized carbons (Fsp3) is 0.471. The van der Waals surface area contributed by atoms with E-state index in [-0.39, 0.29) is 0 Å². The van der Waals surface area contributed by atoms with Gasteiger partial charge in [-0.15, -0.1) is 0 Å². The van der Waals surface area contributed by atoms with Gasteiger partial charge in [0, 0.05) is 60.6 Å². The average molecular weight is 327 g/mol. The minimum atomic E-state index is 0.676. The smallest absolute Gasteiger partial charge is 0.232 e. The Labute approximate surface area is 143 Å². The van der Waals surface area contributed by atoms with Crippen LogP contribution in [0.3, 0.4) is 0 Å². The maximum atomic E-state index is 4.66. The number of aromatic nitrogens is 3. The molecule has 1 aliphatic heterocycles. The summed E-state index contributed by atoms with van der Waals surface area (Å²) in [7, 11) is 9.93. The molecule has 1 aromatic carbocycles. The van der Waals surface area contributed by atoms with Crippen molar-refractivity contribution >= 4 is 23.5 Å². The fourth-order valence-electron chi connectivity index (χ4n) is 2.75. The van der Waals surface area contributed by atoms with Crippen LogP contribution in [-0.4, -0.2) is 63.3 Å². The van der Waals surface area contributed by atoms with E-state index in [1.807, 2.05) is 38.0 Å². The van der Waals surface area contributed by atoms with Crippen LogP contribution < -0.4 is 19.6 Å². The maximum Gasteiger partial charge on any atom is 0.232 e. The predicted octanol–water partition coefficient (Wildman–Crippen LogP) is 1.46. The van der Waals surface area contributed by atoms with Gasteiger partial charge < -0.3 is 19.6 Å². The predicted molar refractivity (Wildman–Crippen MR) is 99.2 cm³/mol. The molecule has 2 heterocycles. The first kappa shape index (κ1) is 16.3. The Kier molecular flexibility index (Phi) is 4.42. The number of anilines is 4. The SMILES string of the molecule is CN(C)c1nc(N(C)C)nc(N2CCN(C)c3ccccc3C2)n1. The third kappa shape index (κ3) is 3.20. The van der Waals surface area contributed by atoms with E-state index in [1.165, 1.54) is 11.3 Å². The zero-order valence-electron chi connectivity index (χ0n) is 15.1. The second kappa shape index (κ2) is 6.51. The molecule has 1 aromatic heterocycles. The van der Waals surface area contributed by atoms with E-state index in [4.69, 9.17) is 0 Å². The van der Waals surface area contributed by atoms with E-state index in [1.54, 1.807) is 0 Å². The molecule has 3 rings (SSSR count). The summed E-state index contributed by atoms with van der Waals surface area (Å²) >= 11 is 0. The lowest BCUT2D eigenvalue weighted by atomic mass is 10.1. The van der Waals surface area contributed by atoms with Crippen molar-refractivity contribution < 1.29 is 0 Å². The normalized spacial score (nSPS) is 14.2. The summed E-state index contributed by atoms with van der Waals surface area (Å²) in [6.07, 6.45) is 0. The van der Waals surface area contributed by atoms with Gasteiger partial charge in [-0.05, 0) is 11.6 Å². The van der Waals surface area contributed by atoms with Gasteiger partial charge in [0.1, 0.15) is 0 Å². The molecule has 0 aliphatic carbocycles. The lowest BCUT2D eigenvalue weighted by molar-refractivity contribution is 0.756. The average Bonchev–Trinajstić information content (AvgIpc) is 2.74. The topological polar surface area (TPSA) is 51.6 Å². The van der Waals surface area contributed by atoms with Crippen LogP contribution in [0.1, 0.15) is 5.56 Å². The summed E-state index contributed by atoms with van der Waals surface area (Å²) in [5, 5.41) is 0. The molecule has 0 N–H and O–H groups in total. The highest BCUT2D eigenvalue weighted by molar-refractivity contribution is 5.57. The van der Waals surface area contributed by atoms with Gasteiger partial charge in [0.25, 0.3) is 0 Å². The fourth-order valence-corrected chi connectivity index (χ4v) is 2.75. The number of benzene rings is 1. The number of nitrogens with zero attached hydrogens (tertiary/aromatic N) is 7. The minimum Gasteiger partial charge on any atom is -0.373 e. The van der Waals surface area contributed by atoms with E-state index in [2.05, 4.69) is 56.1 Å². The van der Waals surface area contributed by atoms with E-state index < -0.39 is 0 Å². The molecule has 0 unspecified atom stereocenters. The van der Waals surface area contributed by atoms with Gasteiger partial charge >= 0.3 is 0 Å². The van der Waals surface area contributed by atoms with Crippen molar-refractivity contribution in [2.75, 3.05) is 67.9 Å². The number of fused-ring (bicyclic) bond motifs is 1. The van der Waals surface area contributed by atoms with Crippen LogP contribution in [0.25, 0.3) is 0 Å². The zero-order chi connectivity index (χ0) is 17.3. The number of hydrogen-bond acceptors (Lipinski definition) is 7. The van der Waals surface area contributed by atoms with E-state index in [9.17, 15) is 0 Å². The summed E-state index contributed by atoms with van der Waals surface area (Å²) in [5.41, 5.74) is 2.56. The molecule has 2 aromatic rings. The highest BCUT2D eigenvalue weighted by Crippen LogP contribution is 2.26. The maximum absolute atomic E-state index is 4.66. The van der Waals surface area contributed by atoms with Crippen molar-refractivity contribution in [3.05, 3.63) is 29.8 Å². The van der Waals surface area contributed by atoms with Crippen LogP contribution in [0.4, 0.5) is 23.5 Å². The molecule has 24 heavy (non-hydrogen) atoms. The molecule has 0 radical (unpaired) electrons. The lowest BCUT2D eigenvalue weighted by Crippen LogP contribution is -2.31. The number of para-hydroxylation sites is 1. The number of likely N-dealkylation sites (N-methyl/N-ethyl adjacent to an activating group) is 1. The summed E-state index contributed by atoms with van der Waals surface area (Å²) in [6.45, 7) is 2.59. The quantitative estimate of drug-likeness (QED) is 0.846. The standard InChI is InChI=1S/C17H25N7/c1-21(2)15-18-16(22(3)4)20-17(19-15)24-11-10-23(5)14-9-7-6-8-13(14)12-24/h6-9H,10-12H2,1-5H3. The van der Waals surface area contributed by atoms with Gasteiger partial charge in [-0.2, -0.15) is 15.0 Å². The summed E-state index contributed by atoms with van der Waals surface area (Å²) in [4.78, 5) is 22.2. The first-order chi connectivity index (χ1) is 11.5. The van der Waals surface area contributed by atoms with Crippen LogP contribution in [0.2, 0.25) is 0 Å². The highest BCUT2D eigenvalue weighted by atomic mass is 15.4. The van der Waals surface area contributed by atoms with E-state index >= 15 is 0 Å². The summed E-state index contributed by atoms with van der Waals surface area (Å²) in [5.74, 6) is 2.08. The Morgan fingerprint density at radius 1 is 0.875 bits per heavy atom. The number of rotatable bonds is 3. The minimum absolute atomic E-state index is 0.676. The lowest BCUT2D eigenvalue weighted by Gasteiger charge is -2.23. The van der Waals surface area contributed by atoms with Crippen LogP contribution >= 0.6 is 0 Å². The Bertz CT molecular complexity index is 688. The molecule has 0 bridgehead atoms. The molecule has 1 aliphatic rings. The second-order valence-corrected chi connectivity index (χ2v) is 6.50. The molecular formula is C17H25N7. The molecule has 0 saturated heterocycles. The monoisotopic (exact) mass is 327 g/mol. The van der Waals surface area contributed by atoms with Crippen LogP contribution in [0, 0.1) is 0 Å². The Hall–Kier alpha value is -2.57. The molecule has 128 valence electrons. The molecular weight excluding hydrogens is 302 g/mol. The van der Waals surface area contributed by atoms with Gasteiger partial charge in [0.05, 0.1) is 0 Å². The molecule has 7 heteroatoms. The molecule has 0 amide bonds. The van der Waals surface area contributed by atoms with Crippen molar-refractivity contribution in [3.63, 3.8) is 0 Å².